The van der Waals surface area contributed by atoms with Crippen molar-refractivity contribution >= 4 is 26.6 Å². The van der Waals surface area contributed by atoms with Gasteiger partial charge in [0, 0.05) is 6.42 Å². The van der Waals surface area contributed by atoms with Crippen LogP contribution in [0.1, 0.15) is 12.5 Å². The van der Waals surface area contributed by atoms with E-state index in [9.17, 15) is 9.59 Å². The fraction of sp³-hybridized carbons (Fsp3) is 0.308. The second-order valence-electron chi connectivity index (χ2n) is 3.70. The van der Waals surface area contributed by atoms with Gasteiger partial charge in [0.15, 0.2) is 12.4 Å². The first-order valence-corrected chi connectivity index (χ1v) is 5.97. The van der Waals surface area contributed by atoms with E-state index >= 15 is 0 Å². The maximum Gasteiger partial charge on any atom is 0.516 e. The van der Waals surface area contributed by atoms with E-state index < -0.39 is 18.2 Å². The summed E-state index contributed by atoms with van der Waals surface area (Å²) in [6.07, 6.45) is 0.110. The number of aliphatic imine (C=N–C) groups is 1. The van der Waals surface area contributed by atoms with E-state index in [0.29, 0.717) is 0 Å². The molecule has 0 amide bonds. The average Bonchev–Trinajstić information content (AvgIpc) is 2.44. The van der Waals surface area contributed by atoms with Gasteiger partial charge in [-0.2, -0.15) is 0 Å². The van der Waals surface area contributed by atoms with Crippen molar-refractivity contribution in [3.8, 4) is 0 Å². The number of carbonyl (C=O) groups is 2. The van der Waals surface area contributed by atoms with Crippen LogP contribution in [0.15, 0.2) is 35.3 Å². The summed E-state index contributed by atoms with van der Waals surface area (Å²) in [6.45, 7) is 1.72. The van der Waals surface area contributed by atoms with Gasteiger partial charge in [-0.1, -0.05) is 30.3 Å². The van der Waals surface area contributed by atoms with E-state index in [0.717, 1.165) is 12.0 Å². The van der Waals surface area contributed by atoms with Crippen molar-refractivity contribution in [3.63, 3.8) is 0 Å². The zero-order valence-electron chi connectivity index (χ0n) is 11.0. The van der Waals surface area contributed by atoms with Crippen molar-refractivity contribution in [1.82, 2.24) is 0 Å². The zero-order chi connectivity index (χ0) is 14.8. The summed E-state index contributed by atoms with van der Waals surface area (Å²) in [6, 6.07) is 8.21. The van der Waals surface area contributed by atoms with Gasteiger partial charge in [-0.25, -0.2) is 14.6 Å². The highest BCUT2D eigenvalue weighted by molar-refractivity contribution is 6.02. The summed E-state index contributed by atoms with van der Waals surface area (Å²) < 4.78 is 13.2. The third kappa shape index (κ3) is 5.56. The Morgan fingerprint density at radius 2 is 2.05 bits per heavy atom. The summed E-state index contributed by atoms with van der Waals surface area (Å²) in [5.74, 6) is -0.833. The van der Waals surface area contributed by atoms with Crippen molar-refractivity contribution < 1.29 is 23.7 Å². The molecular weight excluding hydrogens is 261 g/mol. The first kappa shape index (κ1) is 15.8. The van der Waals surface area contributed by atoms with Crippen LogP contribution in [-0.2, 0) is 25.3 Å². The molecule has 0 aliphatic rings. The summed E-state index contributed by atoms with van der Waals surface area (Å²) in [4.78, 5) is 26.7. The standard InChI is InChI=1S/C13H14BNO5/c1-2-18-13(17)20-12(16)11(15-9-19-14)8-10-6-4-3-5-7-10/h3-7,9,11H,2,8H2,1H3/t11-/m0/s1. The predicted octanol–water partition coefficient (Wildman–Crippen LogP) is 1.43. The molecule has 0 saturated carbocycles. The molecule has 0 N–H and O–H groups in total. The van der Waals surface area contributed by atoms with Gasteiger partial charge in [-0.15, -0.1) is 0 Å². The number of hydrogen-bond donors (Lipinski definition) is 0. The van der Waals surface area contributed by atoms with E-state index in [-0.39, 0.29) is 13.0 Å². The summed E-state index contributed by atoms with van der Waals surface area (Å²) >= 11 is 0. The molecule has 6 nitrogen and oxygen atoms in total. The topological polar surface area (TPSA) is 74.2 Å². The van der Waals surface area contributed by atoms with Crippen LogP contribution in [0.5, 0.6) is 0 Å². The SMILES string of the molecule is [B]OC=N[C@@H](Cc1ccccc1)C(=O)OC(=O)OCC. The minimum Gasteiger partial charge on any atom is -0.560 e. The maximum atomic E-state index is 11.8. The Balaban J connectivity index is 2.71. The minimum absolute atomic E-state index is 0.116. The molecule has 0 aromatic heterocycles. The molecule has 1 rings (SSSR count). The van der Waals surface area contributed by atoms with Crippen LogP contribution in [-0.4, -0.2) is 39.2 Å². The van der Waals surface area contributed by atoms with Gasteiger partial charge >= 0.3 is 20.2 Å². The number of nitrogens with zero attached hydrogens (tertiary/aromatic N) is 1. The van der Waals surface area contributed by atoms with Crippen molar-refractivity contribution in [3.05, 3.63) is 35.9 Å². The lowest BCUT2D eigenvalue weighted by atomic mass is 10.1. The molecule has 0 aliphatic carbocycles. The highest BCUT2D eigenvalue weighted by Gasteiger charge is 2.23. The van der Waals surface area contributed by atoms with E-state index in [4.69, 9.17) is 8.05 Å². The molecule has 20 heavy (non-hydrogen) atoms. The Hall–Kier alpha value is -2.31. The van der Waals surface area contributed by atoms with Crippen molar-refractivity contribution in [2.45, 2.75) is 19.4 Å². The molecule has 0 aliphatic heterocycles. The molecule has 0 heterocycles. The van der Waals surface area contributed by atoms with Crippen LogP contribution in [0.3, 0.4) is 0 Å². The van der Waals surface area contributed by atoms with Crippen LogP contribution in [0.4, 0.5) is 4.79 Å². The Morgan fingerprint density at radius 1 is 1.35 bits per heavy atom. The first-order chi connectivity index (χ1) is 9.67. The minimum atomic E-state index is -1.06. The van der Waals surface area contributed by atoms with Crippen molar-refractivity contribution in [2.24, 2.45) is 4.99 Å². The quantitative estimate of drug-likeness (QED) is 0.258. The second-order valence-corrected chi connectivity index (χ2v) is 3.70. The molecule has 0 fully saturated rings. The molecular formula is C13H14BNO5. The predicted molar refractivity (Wildman–Crippen MR) is 72.4 cm³/mol. The van der Waals surface area contributed by atoms with Crippen LogP contribution >= 0.6 is 0 Å². The molecule has 0 unspecified atom stereocenters. The Bertz CT molecular complexity index is 463. The van der Waals surface area contributed by atoms with Gasteiger partial charge in [0.1, 0.15) is 0 Å². The van der Waals surface area contributed by atoms with E-state index in [1.807, 2.05) is 30.3 Å². The third-order valence-electron chi connectivity index (χ3n) is 2.29. The average molecular weight is 275 g/mol. The number of hydrogen-bond acceptors (Lipinski definition) is 6. The molecule has 0 bridgehead atoms. The van der Waals surface area contributed by atoms with Crippen LogP contribution in [0.25, 0.3) is 0 Å². The fourth-order valence-electron chi connectivity index (χ4n) is 1.44. The number of carbonyl (C=O) groups excluding carboxylic acids is 2. The lowest BCUT2D eigenvalue weighted by Crippen LogP contribution is -2.27. The first-order valence-electron chi connectivity index (χ1n) is 5.97. The fourth-order valence-corrected chi connectivity index (χ4v) is 1.44. The molecule has 7 heteroatoms. The molecule has 1 aromatic carbocycles. The highest BCUT2D eigenvalue weighted by atomic mass is 16.7. The molecule has 1 atom stereocenters. The number of rotatable bonds is 6. The Morgan fingerprint density at radius 3 is 2.65 bits per heavy atom. The molecule has 1 aromatic rings. The normalized spacial score (nSPS) is 11.8. The zero-order valence-corrected chi connectivity index (χ0v) is 11.0. The summed E-state index contributed by atoms with van der Waals surface area (Å²) in [5.41, 5.74) is 0.854. The Kier molecular flexibility index (Phi) is 6.88. The van der Waals surface area contributed by atoms with Gasteiger partial charge in [-0.3, -0.25) is 0 Å². The van der Waals surface area contributed by atoms with Crippen molar-refractivity contribution in [1.29, 1.82) is 0 Å². The van der Waals surface area contributed by atoms with Crippen LogP contribution in [0.2, 0.25) is 0 Å². The largest absolute Gasteiger partial charge is 0.560 e. The monoisotopic (exact) mass is 275 g/mol. The summed E-state index contributed by atoms with van der Waals surface area (Å²) in [5, 5.41) is 0. The second kappa shape index (κ2) is 8.74. The van der Waals surface area contributed by atoms with E-state index in [2.05, 4.69) is 19.1 Å². The molecule has 0 saturated heterocycles. The van der Waals surface area contributed by atoms with Gasteiger partial charge < -0.3 is 14.1 Å². The van der Waals surface area contributed by atoms with Gasteiger partial charge in [0.2, 0.25) is 0 Å². The van der Waals surface area contributed by atoms with Crippen LogP contribution < -0.4 is 0 Å². The van der Waals surface area contributed by atoms with Gasteiger partial charge in [-0.05, 0) is 12.5 Å². The smallest absolute Gasteiger partial charge is 0.516 e. The lowest BCUT2D eigenvalue weighted by molar-refractivity contribution is -0.141. The lowest BCUT2D eigenvalue weighted by Gasteiger charge is -2.10. The highest BCUT2D eigenvalue weighted by Crippen LogP contribution is 2.08. The number of esters is 1. The number of benzene rings is 1. The molecule has 0 spiro atoms. The van der Waals surface area contributed by atoms with Gasteiger partial charge in [0.05, 0.1) is 6.61 Å². The van der Waals surface area contributed by atoms with Crippen LogP contribution in [0, 0.1) is 0 Å². The van der Waals surface area contributed by atoms with Gasteiger partial charge in [0.25, 0.3) is 0 Å². The molecule has 104 valence electrons. The van der Waals surface area contributed by atoms with E-state index in [1.165, 1.54) is 0 Å². The molecule has 2 radical (unpaired) electrons. The van der Waals surface area contributed by atoms with Crippen molar-refractivity contribution in [2.75, 3.05) is 6.61 Å². The maximum absolute atomic E-state index is 11.8. The Labute approximate surface area is 118 Å². The van der Waals surface area contributed by atoms with E-state index in [1.54, 1.807) is 6.92 Å². The third-order valence-corrected chi connectivity index (χ3v) is 2.29. The number of ether oxygens (including phenoxy) is 2. The summed E-state index contributed by atoms with van der Waals surface area (Å²) in [7, 11) is 4.83.